The Hall–Kier alpha value is -1.09. The molecule has 1 aromatic carbocycles. The van der Waals surface area contributed by atoms with Gasteiger partial charge in [0.05, 0.1) is 5.69 Å². The standard InChI is InChI=1S/C12H17FN2/c1-9(2)15-7-6-14-8-10-4-3-5-11(13)12(10)15/h3-5,9,14H,6-8H2,1-2H3. The molecule has 0 amide bonds. The molecule has 0 aromatic heterocycles. The quantitative estimate of drug-likeness (QED) is 0.760. The number of halogens is 1. The summed E-state index contributed by atoms with van der Waals surface area (Å²) in [5, 5.41) is 3.31. The Morgan fingerprint density at radius 1 is 1.40 bits per heavy atom. The molecule has 0 aliphatic carbocycles. The van der Waals surface area contributed by atoms with Crippen LogP contribution in [0.2, 0.25) is 0 Å². The van der Waals surface area contributed by atoms with Crippen LogP contribution in [0.5, 0.6) is 0 Å². The summed E-state index contributed by atoms with van der Waals surface area (Å²) >= 11 is 0. The van der Waals surface area contributed by atoms with Gasteiger partial charge in [0.1, 0.15) is 5.82 Å². The maximum Gasteiger partial charge on any atom is 0.146 e. The van der Waals surface area contributed by atoms with Crippen molar-refractivity contribution < 1.29 is 4.39 Å². The lowest BCUT2D eigenvalue weighted by atomic mass is 10.1. The summed E-state index contributed by atoms with van der Waals surface area (Å²) in [5.41, 5.74) is 1.83. The van der Waals surface area contributed by atoms with Crippen molar-refractivity contribution >= 4 is 5.69 Å². The van der Waals surface area contributed by atoms with Crippen molar-refractivity contribution in [2.75, 3.05) is 18.0 Å². The van der Waals surface area contributed by atoms with Crippen LogP contribution in [-0.2, 0) is 6.54 Å². The van der Waals surface area contributed by atoms with E-state index >= 15 is 0 Å². The predicted octanol–water partition coefficient (Wildman–Crippen LogP) is 2.14. The third-order valence-electron chi connectivity index (χ3n) is 2.83. The maximum atomic E-state index is 13.8. The summed E-state index contributed by atoms with van der Waals surface area (Å²) < 4.78 is 13.8. The zero-order valence-electron chi connectivity index (χ0n) is 9.26. The van der Waals surface area contributed by atoms with Crippen LogP contribution < -0.4 is 10.2 Å². The molecule has 0 atom stereocenters. The number of nitrogens with zero attached hydrogens (tertiary/aromatic N) is 1. The van der Waals surface area contributed by atoms with E-state index in [2.05, 4.69) is 24.1 Å². The van der Waals surface area contributed by atoms with E-state index < -0.39 is 0 Å². The molecule has 0 unspecified atom stereocenters. The lowest BCUT2D eigenvalue weighted by Crippen LogP contribution is -2.35. The Kier molecular flexibility index (Phi) is 2.91. The molecule has 0 saturated carbocycles. The van der Waals surface area contributed by atoms with E-state index in [1.807, 2.05) is 6.07 Å². The molecule has 0 saturated heterocycles. The first-order chi connectivity index (χ1) is 7.20. The molecule has 0 spiro atoms. The van der Waals surface area contributed by atoms with Crippen molar-refractivity contribution in [3.05, 3.63) is 29.6 Å². The molecule has 0 radical (unpaired) electrons. The minimum atomic E-state index is -0.107. The predicted molar refractivity (Wildman–Crippen MR) is 60.6 cm³/mol. The number of anilines is 1. The van der Waals surface area contributed by atoms with Gasteiger partial charge in [-0.15, -0.1) is 0 Å². The topological polar surface area (TPSA) is 15.3 Å². The van der Waals surface area contributed by atoms with Crippen molar-refractivity contribution in [2.45, 2.75) is 26.4 Å². The second-order valence-electron chi connectivity index (χ2n) is 4.21. The largest absolute Gasteiger partial charge is 0.365 e. The van der Waals surface area contributed by atoms with Crippen molar-refractivity contribution in [1.82, 2.24) is 5.32 Å². The van der Waals surface area contributed by atoms with Crippen LogP contribution in [0.15, 0.2) is 18.2 Å². The second kappa shape index (κ2) is 4.19. The van der Waals surface area contributed by atoms with Crippen molar-refractivity contribution in [3.8, 4) is 0 Å². The highest BCUT2D eigenvalue weighted by Gasteiger charge is 2.20. The first-order valence-electron chi connectivity index (χ1n) is 5.45. The number of hydrogen-bond acceptors (Lipinski definition) is 2. The van der Waals surface area contributed by atoms with E-state index in [9.17, 15) is 4.39 Å². The molecule has 1 heterocycles. The van der Waals surface area contributed by atoms with Gasteiger partial charge in [-0.05, 0) is 25.5 Å². The highest BCUT2D eigenvalue weighted by Crippen LogP contribution is 2.27. The molecular weight excluding hydrogens is 191 g/mol. The molecule has 1 aliphatic heterocycles. The lowest BCUT2D eigenvalue weighted by Gasteiger charge is -2.29. The second-order valence-corrected chi connectivity index (χ2v) is 4.21. The van der Waals surface area contributed by atoms with Gasteiger partial charge in [-0.25, -0.2) is 4.39 Å². The van der Waals surface area contributed by atoms with Gasteiger partial charge in [0.2, 0.25) is 0 Å². The van der Waals surface area contributed by atoms with E-state index in [4.69, 9.17) is 0 Å². The van der Waals surface area contributed by atoms with E-state index in [0.29, 0.717) is 6.04 Å². The third-order valence-corrected chi connectivity index (χ3v) is 2.83. The summed E-state index contributed by atoms with van der Waals surface area (Å²) in [5.74, 6) is -0.107. The fraction of sp³-hybridized carbons (Fsp3) is 0.500. The summed E-state index contributed by atoms with van der Waals surface area (Å²) in [6.07, 6.45) is 0. The molecule has 1 aromatic rings. The van der Waals surface area contributed by atoms with Gasteiger partial charge in [0.15, 0.2) is 0 Å². The minimum Gasteiger partial charge on any atom is -0.365 e. The van der Waals surface area contributed by atoms with Crippen LogP contribution in [-0.4, -0.2) is 19.1 Å². The molecule has 1 N–H and O–H groups in total. The average Bonchev–Trinajstić information content (AvgIpc) is 2.40. The molecule has 82 valence electrons. The van der Waals surface area contributed by atoms with Crippen molar-refractivity contribution in [3.63, 3.8) is 0 Å². The van der Waals surface area contributed by atoms with E-state index in [1.165, 1.54) is 0 Å². The fourth-order valence-electron chi connectivity index (χ4n) is 2.08. The normalized spacial score (nSPS) is 16.4. The Balaban J connectivity index is 2.47. The summed E-state index contributed by atoms with van der Waals surface area (Å²) in [6.45, 7) is 6.73. The van der Waals surface area contributed by atoms with E-state index in [-0.39, 0.29) is 5.82 Å². The zero-order chi connectivity index (χ0) is 10.8. The smallest absolute Gasteiger partial charge is 0.146 e. The SMILES string of the molecule is CC(C)N1CCNCc2cccc(F)c21. The van der Waals surface area contributed by atoms with Crippen molar-refractivity contribution in [2.24, 2.45) is 0 Å². The van der Waals surface area contributed by atoms with Gasteiger partial charge in [-0.2, -0.15) is 0 Å². The van der Waals surface area contributed by atoms with E-state index in [1.54, 1.807) is 12.1 Å². The van der Waals surface area contributed by atoms with Gasteiger partial charge in [0, 0.05) is 25.7 Å². The summed E-state index contributed by atoms with van der Waals surface area (Å²) in [7, 11) is 0. The van der Waals surface area contributed by atoms with Crippen LogP contribution in [0.25, 0.3) is 0 Å². The number of rotatable bonds is 1. The van der Waals surface area contributed by atoms with Crippen LogP contribution in [0.3, 0.4) is 0 Å². The monoisotopic (exact) mass is 208 g/mol. The molecule has 2 nitrogen and oxygen atoms in total. The summed E-state index contributed by atoms with van der Waals surface area (Å²) in [6, 6.07) is 5.64. The molecule has 15 heavy (non-hydrogen) atoms. The van der Waals surface area contributed by atoms with Gasteiger partial charge < -0.3 is 10.2 Å². The Morgan fingerprint density at radius 2 is 2.20 bits per heavy atom. The summed E-state index contributed by atoms with van der Waals surface area (Å²) in [4.78, 5) is 2.13. The van der Waals surface area contributed by atoms with E-state index in [0.717, 1.165) is 30.9 Å². The van der Waals surface area contributed by atoms with Crippen LogP contribution in [0.4, 0.5) is 10.1 Å². The Morgan fingerprint density at radius 3 is 2.93 bits per heavy atom. The molecule has 2 rings (SSSR count). The first kappa shape index (κ1) is 10.4. The van der Waals surface area contributed by atoms with Crippen molar-refractivity contribution in [1.29, 1.82) is 0 Å². The number of nitrogens with one attached hydrogen (secondary N) is 1. The maximum absolute atomic E-state index is 13.8. The van der Waals surface area contributed by atoms with Gasteiger partial charge in [-0.3, -0.25) is 0 Å². The molecule has 3 heteroatoms. The zero-order valence-corrected chi connectivity index (χ0v) is 9.26. The highest BCUT2D eigenvalue weighted by molar-refractivity contribution is 5.56. The number of para-hydroxylation sites is 1. The molecule has 0 bridgehead atoms. The highest BCUT2D eigenvalue weighted by atomic mass is 19.1. The van der Waals surface area contributed by atoms with Gasteiger partial charge >= 0.3 is 0 Å². The lowest BCUT2D eigenvalue weighted by molar-refractivity contribution is 0.599. The molecule has 1 aliphatic rings. The fourth-order valence-corrected chi connectivity index (χ4v) is 2.08. The minimum absolute atomic E-state index is 0.107. The van der Waals surface area contributed by atoms with Crippen LogP contribution in [0, 0.1) is 5.82 Å². The number of hydrogen-bond donors (Lipinski definition) is 1. The van der Waals surface area contributed by atoms with Gasteiger partial charge in [0.25, 0.3) is 0 Å². The number of benzene rings is 1. The molecular formula is C12H17FN2. The Bertz CT molecular complexity index is 349. The Labute approximate surface area is 90.1 Å². The number of fused-ring (bicyclic) bond motifs is 1. The van der Waals surface area contributed by atoms with Crippen LogP contribution in [0.1, 0.15) is 19.4 Å². The van der Waals surface area contributed by atoms with Gasteiger partial charge in [-0.1, -0.05) is 12.1 Å². The first-order valence-corrected chi connectivity index (χ1v) is 5.45. The van der Waals surface area contributed by atoms with Crippen LogP contribution >= 0.6 is 0 Å². The average molecular weight is 208 g/mol. The molecule has 0 fully saturated rings. The third kappa shape index (κ3) is 1.97.